The van der Waals surface area contributed by atoms with Gasteiger partial charge in [0.15, 0.2) is 0 Å². The fraction of sp³-hybridized carbons (Fsp3) is 0.731. The normalized spacial score (nSPS) is 19.9. The van der Waals surface area contributed by atoms with Gasteiger partial charge in [0.25, 0.3) is 0 Å². The molecule has 0 bridgehead atoms. The lowest BCUT2D eigenvalue weighted by atomic mass is 9.66. The number of hydrogen-bond donors (Lipinski definition) is 3. The second-order valence-corrected chi connectivity index (χ2v) is 10.3. The molecular weight excluding hydrogens is 414 g/mol. The molecule has 1 aromatic rings. The van der Waals surface area contributed by atoms with Gasteiger partial charge in [-0.05, 0) is 50.4 Å². The zero-order chi connectivity index (χ0) is 23.8. The molecule has 0 aliphatic heterocycles. The van der Waals surface area contributed by atoms with E-state index in [2.05, 4.69) is 15.6 Å². The maximum Gasteiger partial charge on any atom is 0.243 e. The molecule has 1 heterocycles. The number of hydrogen-bond acceptors (Lipinski definition) is 5. The first-order valence-electron chi connectivity index (χ1n) is 12.8. The minimum Gasteiger partial charge on any atom is -0.384 e. The molecule has 2 amide bonds. The summed E-state index contributed by atoms with van der Waals surface area (Å²) < 4.78 is 0. The number of pyridine rings is 1. The second kappa shape index (κ2) is 12.4. The number of nitrogen functional groups attached to an aromatic ring is 1. The molecule has 4 N–H and O–H groups in total. The highest BCUT2D eigenvalue weighted by atomic mass is 16.2. The molecule has 0 radical (unpaired) electrons. The highest BCUT2D eigenvalue weighted by Gasteiger charge is 2.41. The van der Waals surface area contributed by atoms with E-state index in [1.807, 2.05) is 32.0 Å². The summed E-state index contributed by atoms with van der Waals surface area (Å²) in [6.07, 6.45) is 13.8. The van der Waals surface area contributed by atoms with Gasteiger partial charge in [-0.1, -0.05) is 70.3 Å². The van der Waals surface area contributed by atoms with Crippen molar-refractivity contribution in [3.63, 3.8) is 0 Å². The third-order valence-electron chi connectivity index (χ3n) is 7.82. The van der Waals surface area contributed by atoms with Crippen LogP contribution in [0, 0.1) is 17.8 Å². The number of nitrogens with zero attached hydrogens (tertiary/aromatic N) is 2. The summed E-state index contributed by atoms with van der Waals surface area (Å²) in [6.45, 7) is 2.27. The number of likely N-dealkylation sites (N-methyl/N-ethyl adjacent to an activating group) is 1. The first-order valence-corrected chi connectivity index (χ1v) is 12.8. The van der Waals surface area contributed by atoms with Gasteiger partial charge >= 0.3 is 0 Å². The van der Waals surface area contributed by atoms with Gasteiger partial charge in [-0.2, -0.15) is 0 Å². The maximum atomic E-state index is 13.7. The fourth-order valence-electron chi connectivity index (χ4n) is 5.65. The molecule has 1 aromatic heterocycles. The highest BCUT2D eigenvalue weighted by molar-refractivity contribution is 5.89. The van der Waals surface area contributed by atoms with Crippen LogP contribution in [0.4, 0.5) is 5.82 Å². The molecule has 184 valence electrons. The van der Waals surface area contributed by atoms with Gasteiger partial charge in [0.2, 0.25) is 11.8 Å². The Kier molecular flexibility index (Phi) is 9.53. The van der Waals surface area contributed by atoms with Gasteiger partial charge in [0, 0.05) is 12.7 Å². The largest absolute Gasteiger partial charge is 0.384 e. The van der Waals surface area contributed by atoms with E-state index in [1.54, 1.807) is 12.3 Å². The average molecular weight is 458 g/mol. The van der Waals surface area contributed by atoms with Crippen molar-refractivity contribution in [1.29, 1.82) is 0 Å². The van der Waals surface area contributed by atoms with Crippen LogP contribution >= 0.6 is 0 Å². The van der Waals surface area contributed by atoms with Crippen LogP contribution in [0.1, 0.15) is 76.7 Å². The Morgan fingerprint density at radius 3 is 2.06 bits per heavy atom. The van der Waals surface area contributed by atoms with Crippen molar-refractivity contribution in [2.45, 2.75) is 89.8 Å². The average Bonchev–Trinajstić information content (AvgIpc) is 2.83. The number of amides is 2. The highest BCUT2D eigenvalue weighted by Crippen LogP contribution is 2.42. The van der Waals surface area contributed by atoms with Crippen molar-refractivity contribution in [1.82, 2.24) is 20.5 Å². The van der Waals surface area contributed by atoms with E-state index >= 15 is 0 Å². The Hall–Kier alpha value is -2.15. The molecule has 2 atom stereocenters. The molecule has 2 aliphatic rings. The third-order valence-corrected chi connectivity index (χ3v) is 7.82. The third kappa shape index (κ3) is 7.16. The van der Waals surface area contributed by atoms with Crippen molar-refractivity contribution in [3.05, 3.63) is 23.9 Å². The summed E-state index contributed by atoms with van der Waals surface area (Å²) in [7, 11) is 3.79. The van der Waals surface area contributed by atoms with Crippen molar-refractivity contribution in [2.24, 2.45) is 17.8 Å². The van der Waals surface area contributed by atoms with Crippen LogP contribution in [0.15, 0.2) is 18.3 Å². The number of aromatic nitrogens is 1. The lowest BCUT2D eigenvalue weighted by molar-refractivity contribution is -0.134. The van der Waals surface area contributed by atoms with E-state index in [0.717, 1.165) is 31.2 Å². The van der Waals surface area contributed by atoms with Crippen LogP contribution in [0.3, 0.4) is 0 Å². The molecule has 7 nitrogen and oxygen atoms in total. The van der Waals surface area contributed by atoms with E-state index in [-0.39, 0.29) is 23.8 Å². The lowest BCUT2D eigenvalue weighted by Gasteiger charge is -2.42. The summed E-state index contributed by atoms with van der Waals surface area (Å²) in [5.74, 6) is 1.48. The van der Waals surface area contributed by atoms with Crippen molar-refractivity contribution < 1.29 is 9.59 Å². The van der Waals surface area contributed by atoms with Crippen LogP contribution in [0.25, 0.3) is 0 Å². The van der Waals surface area contributed by atoms with E-state index in [9.17, 15) is 9.59 Å². The van der Waals surface area contributed by atoms with E-state index < -0.39 is 6.04 Å². The van der Waals surface area contributed by atoms with Crippen LogP contribution in [-0.2, 0) is 16.1 Å². The molecule has 7 heteroatoms. The van der Waals surface area contributed by atoms with Gasteiger partial charge in [-0.3, -0.25) is 14.5 Å². The van der Waals surface area contributed by atoms with Crippen LogP contribution in [-0.4, -0.2) is 47.9 Å². The number of nitrogens with two attached hydrogens (primary N) is 1. The molecule has 33 heavy (non-hydrogen) atoms. The monoisotopic (exact) mass is 457 g/mol. The molecule has 0 spiro atoms. The quantitative estimate of drug-likeness (QED) is 0.527. The van der Waals surface area contributed by atoms with E-state index in [0.29, 0.717) is 24.2 Å². The predicted molar refractivity (Wildman–Crippen MR) is 132 cm³/mol. The molecule has 2 fully saturated rings. The first-order chi connectivity index (χ1) is 15.9. The predicted octanol–water partition coefficient (Wildman–Crippen LogP) is 3.49. The van der Waals surface area contributed by atoms with Crippen molar-refractivity contribution >= 4 is 17.6 Å². The number of anilines is 1. The number of carbonyl (C=O) groups is 2. The summed E-state index contributed by atoms with van der Waals surface area (Å²) in [6, 6.07) is 2.82. The van der Waals surface area contributed by atoms with Crippen molar-refractivity contribution in [2.75, 3.05) is 19.8 Å². The molecule has 2 saturated carbocycles. The van der Waals surface area contributed by atoms with Gasteiger partial charge in [-0.15, -0.1) is 0 Å². The second-order valence-electron chi connectivity index (χ2n) is 10.3. The number of carbonyl (C=O) groups excluding carboxylic acids is 2. The zero-order valence-corrected chi connectivity index (χ0v) is 20.7. The molecule has 0 saturated heterocycles. The molecule has 0 aromatic carbocycles. The minimum absolute atomic E-state index is 0.0766. The standard InChI is InChI=1S/C26H43N5O2/c1-18(31(2)3)25(32)30-24(26(33)29-17-19-14-15-22(27)28-16-19)23(20-10-6-4-7-11-20)21-12-8-5-9-13-21/h14-16,18,20-21,23-24H,4-13,17H2,1-3H3,(H2,27,28)(H,29,33)(H,30,32)/t18?,24-/m1/s1. The summed E-state index contributed by atoms with van der Waals surface area (Å²) in [5.41, 5.74) is 6.59. The van der Waals surface area contributed by atoms with Crippen LogP contribution in [0.5, 0.6) is 0 Å². The number of rotatable bonds is 9. The SMILES string of the molecule is CC(C(=O)N[C@@H](C(=O)NCc1ccc(N)nc1)C(C1CCCCC1)C1CCCCC1)N(C)C. The Balaban J connectivity index is 1.83. The molecule has 3 rings (SSSR count). The van der Waals surface area contributed by atoms with E-state index in [4.69, 9.17) is 5.73 Å². The van der Waals surface area contributed by atoms with Crippen molar-refractivity contribution in [3.8, 4) is 0 Å². The number of nitrogens with one attached hydrogen (secondary N) is 2. The summed E-state index contributed by atoms with van der Waals surface area (Å²) >= 11 is 0. The van der Waals surface area contributed by atoms with Gasteiger partial charge < -0.3 is 16.4 Å². The van der Waals surface area contributed by atoms with Gasteiger partial charge in [0.1, 0.15) is 11.9 Å². The Labute approximate surface area is 199 Å². The molecule has 1 unspecified atom stereocenters. The summed E-state index contributed by atoms with van der Waals surface area (Å²) in [5, 5.41) is 6.31. The molecule has 2 aliphatic carbocycles. The maximum absolute atomic E-state index is 13.7. The first kappa shape index (κ1) is 25.5. The van der Waals surface area contributed by atoms with Gasteiger partial charge in [0.05, 0.1) is 6.04 Å². The summed E-state index contributed by atoms with van der Waals surface area (Å²) in [4.78, 5) is 32.8. The Morgan fingerprint density at radius 1 is 1.00 bits per heavy atom. The Bertz CT molecular complexity index is 736. The topological polar surface area (TPSA) is 100 Å². The Morgan fingerprint density at radius 2 is 1.58 bits per heavy atom. The lowest BCUT2D eigenvalue weighted by Crippen LogP contribution is -2.57. The van der Waals surface area contributed by atoms with Crippen LogP contribution in [0.2, 0.25) is 0 Å². The van der Waals surface area contributed by atoms with Crippen LogP contribution < -0.4 is 16.4 Å². The minimum atomic E-state index is -0.507. The zero-order valence-electron chi connectivity index (χ0n) is 20.7. The molecular formula is C26H43N5O2. The van der Waals surface area contributed by atoms with E-state index in [1.165, 1.54) is 38.5 Å². The fourth-order valence-corrected chi connectivity index (χ4v) is 5.65. The van der Waals surface area contributed by atoms with Gasteiger partial charge in [-0.25, -0.2) is 4.98 Å². The smallest absolute Gasteiger partial charge is 0.243 e.